The number of ether oxygens (including phenoxy) is 1. The lowest BCUT2D eigenvalue weighted by molar-refractivity contribution is 0.307. The molecule has 0 aliphatic rings. The lowest BCUT2D eigenvalue weighted by atomic mass is 10.1. The second-order valence-corrected chi connectivity index (χ2v) is 4.65. The predicted octanol–water partition coefficient (Wildman–Crippen LogP) is 1.96. The summed E-state index contributed by atoms with van der Waals surface area (Å²) in [7, 11) is 0. The molecule has 0 aromatic carbocycles. The first-order chi connectivity index (χ1) is 10.9. The Balaban J connectivity index is 1.59. The summed E-state index contributed by atoms with van der Waals surface area (Å²) < 4.78 is 5.63. The van der Waals surface area contributed by atoms with Gasteiger partial charge in [0.25, 0.3) is 0 Å². The van der Waals surface area contributed by atoms with E-state index in [9.17, 15) is 0 Å². The maximum absolute atomic E-state index is 5.63. The summed E-state index contributed by atoms with van der Waals surface area (Å²) in [6.45, 7) is 1.20. The summed E-state index contributed by atoms with van der Waals surface area (Å²) >= 11 is 0. The summed E-state index contributed by atoms with van der Waals surface area (Å²) in [6.07, 6.45) is 8.74. The number of H-pyrrole nitrogens is 1. The molecule has 3 heterocycles. The van der Waals surface area contributed by atoms with Crippen molar-refractivity contribution in [3.8, 4) is 5.75 Å². The normalized spacial score (nSPS) is 12.0. The minimum absolute atomic E-state index is 0.0892. The van der Waals surface area contributed by atoms with Crippen molar-refractivity contribution < 1.29 is 4.74 Å². The van der Waals surface area contributed by atoms with Gasteiger partial charge in [0.15, 0.2) is 0 Å². The highest BCUT2D eigenvalue weighted by Gasteiger charge is 2.16. The molecule has 6 heteroatoms. The van der Waals surface area contributed by atoms with E-state index in [1.807, 2.05) is 30.3 Å². The van der Waals surface area contributed by atoms with Gasteiger partial charge in [0.2, 0.25) is 0 Å². The van der Waals surface area contributed by atoms with Gasteiger partial charge >= 0.3 is 0 Å². The van der Waals surface area contributed by atoms with Crippen LogP contribution in [0.2, 0.25) is 0 Å². The van der Waals surface area contributed by atoms with Crippen molar-refractivity contribution in [1.82, 2.24) is 25.3 Å². The molecular weight excluding hydrogens is 278 g/mol. The van der Waals surface area contributed by atoms with Crippen LogP contribution in [0.15, 0.2) is 61.3 Å². The summed E-state index contributed by atoms with van der Waals surface area (Å²) in [5.74, 6) is 1.59. The first kappa shape index (κ1) is 14.2. The SMILES string of the molecule is c1ccc([C@@H](NCCOc2cccnc2)c2ncc[nH]2)nc1. The average molecular weight is 295 g/mol. The Morgan fingerprint density at radius 3 is 2.82 bits per heavy atom. The van der Waals surface area contributed by atoms with Crippen LogP contribution < -0.4 is 10.1 Å². The number of aromatic nitrogens is 4. The third kappa shape index (κ3) is 3.67. The lowest BCUT2D eigenvalue weighted by Gasteiger charge is -2.16. The Kier molecular flexibility index (Phi) is 4.74. The van der Waals surface area contributed by atoms with Gasteiger partial charge in [-0.3, -0.25) is 15.3 Å². The number of rotatable bonds is 7. The number of pyridine rings is 2. The van der Waals surface area contributed by atoms with Crippen molar-refractivity contribution in [1.29, 1.82) is 0 Å². The van der Waals surface area contributed by atoms with Gasteiger partial charge in [-0.25, -0.2) is 4.98 Å². The first-order valence-electron chi connectivity index (χ1n) is 7.10. The van der Waals surface area contributed by atoms with E-state index in [2.05, 4.69) is 25.3 Å². The van der Waals surface area contributed by atoms with E-state index in [1.54, 1.807) is 31.0 Å². The van der Waals surface area contributed by atoms with Crippen molar-refractivity contribution in [2.24, 2.45) is 0 Å². The average Bonchev–Trinajstić information content (AvgIpc) is 3.11. The molecule has 0 bridgehead atoms. The fourth-order valence-electron chi connectivity index (χ4n) is 2.13. The largest absolute Gasteiger partial charge is 0.491 e. The number of nitrogens with one attached hydrogen (secondary N) is 2. The molecule has 0 aliphatic heterocycles. The zero-order valence-corrected chi connectivity index (χ0v) is 12.0. The van der Waals surface area contributed by atoms with Gasteiger partial charge in [0.1, 0.15) is 24.2 Å². The second kappa shape index (κ2) is 7.33. The Hall–Kier alpha value is -2.73. The van der Waals surface area contributed by atoms with Crippen LogP contribution in [0.3, 0.4) is 0 Å². The molecule has 0 aliphatic carbocycles. The van der Waals surface area contributed by atoms with E-state index >= 15 is 0 Å². The Labute approximate surface area is 128 Å². The Morgan fingerprint density at radius 2 is 2.09 bits per heavy atom. The van der Waals surface area contributed by atoms with Crippen molar-refractivity contribution >= 4 is 0 Å². The number of imidazole rings is 1. The molecule has 2 N–H and O–H groups in total. The van der Waals surface area contributed by atoms with Crippen LogP contribution >= 0.6 is 0 Å². The molecule has 0 radical (unpaired) electrons. The van der Waals surface area contributed by atoms with Crippen LogP contribution in [0.1, 0.15) is 17.6 Å². The van der Waals surface area contributed by atoms with Crippen LogP contribution in [0.25, 0.3) is 0 Å². The van der Waals surface area contributed by atoms with Crippen LogP contribution in [0.5, 0.6) is 5.75 Å². The highest BCUT2D eigenvalue weighted by atomic mass is 16.5. The molecule has 3 rings (SSSR count). The number of hydrogen-bond donors (Lipinski definition) is 2. The topological polar surface area (TPSA) is 75.7 Å². The van der Waals surface area contributed by atoms with Gasteiger partial charge < -0.3 is 9.72 Å². The Morgan fingerprint density at radius 1 is 1.09 bits per heavy atom. The van der Waals surface area contributed by atoms with Crippen molar-refractivity contribution in [3.05, 3.63) is 72.8 Å². The van der Waals surface area contributed by atoms with Crippen molar-refractivity contribution in [2.75, 3.05) is 13.2 Å². The minimum Gasteiger partial charge on any atom is -0.491 e. The highest BCUT2D eigenvalue weighted by Crippen LogP contribution is 2.16. The van der Waals surface area contributed by atoms with Crippen molar-refractivity contribution in [2.45, 2.75) is 6.04 Å². The van der Waals surface area contributed by atoms with E-state index in [1.165, 1.54) is 0 Å². The van der Waals surface area contributed by atoms with Crippen LogP contribution in [-0.4, -0.2) is 33.1 Å². The minimum atomic E-state index is -0.0892. The molecule has 3 aromatic heterocycles. The zero-order valence-electron chi connectivity index (χ0n) is 12.0. The van der Waals surface area contributed by atoms with Crippen LogP contribution in [0, 0.1) is 0 Å². The predicted molar refractivity (Wildman–Crippen MR) is 82.4 cm³/mol. The Bertz CT molecular complexity index is 658. The summed E-state index contributed by atoms with van der Waals surface area (Å²) in [4.78, 5) is 15.9. The van der Waals surface area contributed by atoms with Crippen LogP contribution in [-0.2, 0) is 0 Å². The zero-order chi connectivity index (χ0) is 15.0. The molecule has 112 valence electrons. The summed E-state index contributed by atoms with van der Waals surface area (Å²) in [6, 6.07) is 9.48. The van der Waals surface area contributed by atoms with Gasteiger partial charge in [0.05, 0.1) is 11.9 Å². The highest BCUT2D eigenvalue weighted by molar-refractivity contribution is 5.17. The van der Waals surface area contributed by atoms with Crippen LogP contribution in [0.4, 0.5) is 0 Å². The lowest BCUT2D eigenvalue weighted by Crippen LogP contribution is -2.28. The smallest absolute Gasteiger partial charge is 0.137 e. The second-order valence-electron chi connectivity index (χ2n) is 4.65. The molecule has 22 heavy (non-hydrogen) atoms. The molecule has 0 spiro atoms. The first-order valence-corrected chi connectivity index (χ1v) is 7.10. The van der Waals surface area contributed by atoms with Gasteiger partial charge in [-0.15, -0.1) is 0 Å². The molecule has 6 nitrogen and oxygen atoms in total. The number of nitrogens with zero attached hydrogens (tertiary/aromatic N) is 3. The fourth-order valence-corrected chi connectivity index (χ4v) is 2.13. The van der Waals surface area contributed by atoms with E-state index in [4.69, 9.17) is 4.74 Å². The molecule has 3 aromatic rings. The quantitative estimate of drug-likeness (QED) is 0.652. The van der Waals surface area contributed by atoms with Gasteiger partial charge in [0, 0.05) is 31.3 Å². The van der Waals surface area contributed by atoms with E-state index in [0.29, 0.717) is 13.2 Å². The maximum atomic E-state index is 5.63. The van der Waals surface area contributed by atoms with Crippen molar-refractivity contribution in [3.63, 3.8) is 0 Å². The van der Waals surface area contributed by atoms with Gasteiger partial charge in [-0.2, -0.15) is 0 Å². The molecule has 0 saturated carbocycles. The van der Waals surface area contributed by atoms with E-state index in [0.717, 1.165) is 17.3 Å². The third-order valence-electron chi connectivity index (χ3n) is 3.13. The fraction of sp³-hybridized carbons (Fsp3) is 0.188. The summed E-state index contributed by atoms with van der Waals surface area (Å²) in [5, 5.41) is 3.41. The van der Waals surface area contributed by atoms with E-state index < -0.39 is 0 Å². The number of aromatic amines is 1. The molecule has 1 atom stereocenters. The number of hydrogen-bond acceptors (Lipinski definition) is 5. The van der Waals surface area contributed by atoms with Gasteiger partial charge in [-0.1, -0.05) is 6.07 Å². The van der Waals surface area contributed by atoms with E-state index in [-0.39, 0.29) is 6.04 Å². The molecule has 0 unspecified atom stereocenters. The molecular formula is C16H17N5O. The van der Waals surface area contributed by atoms with Gasteiger partial charge in [-0.05, 0) is 24.3 Å². The molecule has 0 saturated heterocycles. The standard InChI is InChI=1S/C16H17N5O/c1-2-7-18-14(5-1)15(16-20-8-9-21-16)19-10-11-22-13-4-3-6-17-12-13/h1-9,12,15,19H,10-11H2,(H,20,21)/t15-/m1/s1. The summed E-state index contributed by atoms with van der Waals surface area (Å²) in [5.41, 5.74) is 0.916. The molecule has 0 amide bonds. The third-order valence-corrected chi connectivity index (χ3v) is 3.13. The maximum Gasteiger partial charge on any atom is 0.137 e. The monoisotopic (exact) mass is 295 g/mol. The molecule has 0 fully saturated rings.